The Morgan fingerprint density at radius 3 is 3.33 bits per heavy atom. The van der Waals surface area contributed by atoms with Gasteiger partial charge in [-0.2, -0.15) is 5.10 Å². The van der Waals surface area contributed by atoms with Crippen LogP contribution in [0.15, 0.2) is 6.33 Å². The molecule has 0 amide bonds. The quantitative estimate of drug-likeness (QED) is 0.635. The van der Waals surface area contributed by atoms with E-state index in [2.05, 4.69) is 10.1 Å². The maximum absolute atomic E-state index is 10.6. The molecule has 0 spiro atoms. The van der Waals surface area contributed by atoms with E-state index in [1.54, 1.807) is 4.68 Å². The minimum Gasteiger partial charge on any atom is -0.481 e. The molecular weight excluding hydrogens is 158 g/mol. The third kappa shape index (κ3) is 1.07. The number of aromatic nitrogens is 3. The van der Waals surface area contributed by atoms with Crippen molar-refractivity contribution in [3.8, 4) is 0 Å². The van der Waals surface area contributed by atoms with Gasteiger partial charge < -0.3 is 5.11 Å². The standard InChI is InChI=1S/C7H9N3O2/c11-7(12)5-1-2-6-8-4-9-10(6)3-5/h4-5H,1-3H2,(H,11,12). The van der Waals surface area contributed by atoms with Crippen LogP contribution in [0, 0.1) is 5.92 Å². The van der Waals surface area contributed by atoms with Crippen LogP contribution in [0.4, 0.5) is 0 Å². The highest BCUT2D eigenvalue weighted by atomic mass is 16.4. The van der Waals surface area contributed by atoms with Crippen LogP contribution >= 0.6 is 0 Å². The van der Waals surface area contributed by atoms with E-state index in [0.717, 1.165) is 12.2 Å². The van der Waals surface area contributed by atoms with Gasteiger partial charge in [0.25, 0.3) is 0 Å². The molecule has 1 aromatic rings. The molecule has 0 radical (unpaired) electrons. The molecule has 64 valence electrons. The Balaban J connectivity index is 2.20. The van der Waals surface area contributed by atoms with Crippen molar-refractivity contribution in [1.29, 1.82) is 0 Å². The molecule has 0 aromatic carbocycles. The van der Waals surface area contributed by atoms with Gasteiger partial charge in [-0.25, -0.2) is 9.67 Å². The Morgan fingerprint density at radius 1 is 1.75 bits per heavy atom. The number of carboxylic acid groups (broad SMARTS) is 1. The molecule has 1 aliphatic rings. The Hall–Kier alpha value is -1.39. The lowest BCUT2D eigenvalue weighted by atomic mass is 10.0. The first-order valence-electron chi connectivity index (χ1n) is 3.87. The van der Waals surface area contributed by atoms with Crippen LogP contribution in [0.5, 0.6) is 0 Å². The first-order chi connectivity index (χ1) is 5.77. The van der Waals surface area contributed by atoms with Crippen molar-refractivity contribution >= 4 is 5.97 Å². The molecule has 0 fully saturated rings. The number of hydrogen-bond donors (Lipinski definition) is 1. The fourth-order valence-corrected chi connectivity index (χ4v) is 1.44. The highest BCUT2D eigenvalue weighted by Gasteiger charge is 2.24. The Bertz CT molecular complexity index is 307. The average Bonchev–Trinajstić information content (AvgIpc) is 2.49. The zero-order valence-electron chi connectivity index (χ0n) is 6.47. The number of aryl methyl sites for hydroxylation is 1. The van der Waals surface area contributed by atoms with E-state index in [1.807, 2.05) is 0 Å². The van der Waals surface area contributed by atoms with Gasteiger partial charge in [-0.1, -0.05) is 0 Å². The molecule has 5 nitrogen and oxygen atoms in total. The molecule has 1 unspecified atom stereocenters. The number of fused-ring (bicyclic) bond motifs is 1. The number of aliphatic carboxylic acids is 1. The van der Waals surface area contributed by atoms with E-state index < -0.39 is 5.97 Å². The van der Waals surface area contributed by atoms with Crippen molar-refractivity contribution < 1.29 is 9.90 Å². The molecule has 0 saturated heterocycles. The van der Waals surface area contributed by atoms with Gasteiger partial charge >= 0.3 is 5.97 Å². The summed E-state index contributed by atoms with van der Waals surface area (Å²) in [5.74, 6) is -0.136. The lowest BCUT2D eigenvalue weighted by Crippen LogP contribution is -2.27. The number of nitrogens with zero attached hydrogens (tertiary/aromatic N) is 3. The van der Waals surface area contributed by atoms with Gasteiger partial charge in [-0.15, -0.1) is 0 Å². The third-order valence-corrected chi connectivity index (χ3v) is 2.15. The van der Waals surface area contributed by atoms with Crippen LogP contribution in [-0.4, -0.2) is 25.8 Å². The molecule has 12 heavy (non-hydrogen) atoms. The maximum Gasteiger partial charge on any atom is 0.308 e. The Morgan fingerprint density at radius 2 is 2.58 bits per heavy atom. The van der Waals surface area contributed by atoms with E-state index in [4.69, 9.17) is 5.11 Å². The molecular formula is C7H9N3O2. The van der Waals surface area contributed by atoms with Crippen LogP contribution < -0.4 is 0 Å². The summed E-state index contributed by atoms with van der Waals surface area (Å²) >= 11 is 0. The highest BCUT2D eigenvalue weighted by Crippen LogP contribution is 2.16. The summed E-state index contributed by atoms with van der Waals surface area (Å²) in [5, 5.41) is 12.7. The predicted octanol–water partition coefficient (Wildman–Crippen LogP) is -0.0749. The summed E-state index contributed by atoms with van der Waals surface area (Å²) < 4.78 is 1.67. The fraction of sp³-hybridized carbons (Fsp3) is 0.571. The molecule has 1 atom stereocenters. The van der Waals surface area contributed by atoms with Crippen LogP contribution in [0.3, 0.4) is 0 Å². The number of carbonyl (C=O) groups is 1. The van der Waals surface area contributed by atoms with Crippen molar-refractivity contribution in [2.24, 2.45) is 5.92 Å². The molecule has 2 heterocycles. The normalized spacial score (nSPS) is 21.8. The Labute approximate surface area is 69.0 Å². The van der Waals surface area contributed by atoms with Crippen molar-refractivity contribution in [1.82, 2.24) is 14.8 Å². The molecule has 5 heteroatoms. The second-order valence-corrected chi connectivity index (χ2v) is 2.93. The van der Waals surface area contributed by atoms with E-state index in [9.17, 15) is 4.79 Å². The van der Waals surface area contributed by atoms with Gasteiger partial charge in [0.1, 0.15) is 12.2 Å². The Kier molecular flexibility index (Phi) is 1.56. The molecule has 0 saturated carbocycles. The van der Waals surface area contributed by atoms with Crippen LogP contribution in [0.2, 0.25) is 0 Å². The smallest absolute Gasteiger partial charge is 0.308 e. The predicted molar refractivity (Wildman–Crippen MR) is 39.5 cm³/mol. The molecule has 0 bridgehead atoms. The first-order valence-corrected chi connectivity index (χ1v) is 3.87. The SMILES string of the molecule is O=C(O)C1CCc2ncnn2C1. The van der Waals surface area contributed by atoms with E-state index >= 15 is 0 Å². The van der Waals surface area contributed by atoms with Gasteiger partial charge in [0.2, 0.25) is 0 Å². The molecule has 1 aromatic heterocycles. The summed E-state index contributed by atoms with van der Waals surface area (Å²) in [5.41, 5.74) is 0. The summed E-state index contributed by atoms with van der Waals surface area (Å²) in [6.45, 7) is 0.463. The second kappa shape index (κ2) is 2.58. The van der Waals surface area contributed by atoms with Gasteiger partial charge in [0, 0.05) is 6.42 Å². The van der Waals surface area contributed by atoms with Gasteiger partial charge in [0.15, 0.2) is 0 Å². The van der Waals surface area contributed by atoms with Crippen molar-refractivity contribution in [3.63, 3.8) is 0 Å². The molecule has 1 aliphatic heterocycles. The van der Waals surface area contributed by atoms with Crippen LogP contribution in [0.25, 0.3) is 0 Å². The third-order valence-electron chi connectivity index (χ3n) is 2.15. The molecule has 1 N–H and O–H groups in total. The maximum atomic E-state index is 10.6. The summed E-state index contributed by atoms with van der Waals surface area (Å²) in [6.07, 6.45) is 2.87. The fourth-order valence-electron chi connectivity index (χ4n) is 1.44. The second-order valence-electron chi connectivity index (χ2n) is 2.93. The van der Waals surface area contributed by atoms with Crippen molar-refractivity contribution in [2.75, 3.05) is 0 Å². The summed E-state index contributed by atoms with van der Waals surface area (Å²) in [6, 6.07) is 0. The summed E-state index contributed by atoms with van der Waals surface area (Å²) in [7, 11) is 0. The lowest BCUT2D eigenvalue weighted by molar-refractivity contribution is -0.142. The zero-order chi connectivity index (χ0) is 8.55. The minimum atomic E-state index is -0.740. The number of rotatable bonds is 1. The van der Waals surface area contributed by atoms with E-state index in [-0.39, 0.29) is 5.92 Å². The van der Waals surface area contributed by atoms with Crippen molar-refractivity contribution in [2.45, 2.75) is 19.4 Å². The highest BCUT2D eigenvalue weighted by molar-refractivity contribution is 5.70. The van der Waals surface area contributed by atoms with Gasteiger partial charge in [-0.3, -0.25) is 4.79 Å². The van der Waals surface area contributed by atoms with Crippen molar-refractivity contribution in [3.05, 3.63) is 12.2 Å². The monoisotopic (exact) mass is 167 g/mol. The lowest BCUT2D eigenvalue weighted by Gasteiger charge is -2.18. The number of carboxylic acids is 1. The van der Waals surface area contributed by atoms with Gasteiger partial charge in [-0.05, 0) is 6.42 Å². The zero-order valence-corrected chi connectivity index (χ0v) is 6.47. The number of hydrogen-bond acceptors (Lipinski definition) is 3. The van der Waals surface area contributed by atoms with Crippen LogP contribution in [0.1, 0.15) is 12.2 Å². The van der Waals surface area contributed by atoms with Crippen LogP contribution in [-0.2, 0) is 17.8 Å². The average molecular weight is 167 g/mol. The summed E-state index contributed by atoms with van der Waals surface area (Å²) in [4.78, 5) is 14.6. The minimum absolute atomic E-state index is 0.292. The van der Waals surface area contributed by atoms with Gasteiger partial charge in [0.05, 0.1) is 12.5 Å². The molecule has 2 rings (SSSR count). The van der Waals surface area contributed by atoms with E-state index in [0.29, 0.717) is 13.0 Å². The largest absolute Gasteiger partial charge is 0.481 e. The topological polar surface area (TPSA) is 68.0 Å². The van der Waals surface area contributed by atoms with E-state index in [1.165, 1.54) is 6.33 Å². The first kappa shape index (κ1) is 7.27. The molecule has 0 aliphatic carbocycles.